The van der Waals surface area contributed by atoms with Gasteiger partial charge in [-0.2, -0.15) is 0 Å². The first-order chi connectivity index (χ1) is 21.0. The minimum atomic E-state index is -0.00109. The number of hydrogen-bond acceptors (Lipinski definition) is 4. The van der Waals surface area contributed by atoms with E-state index in [-0.39, 0.29) is 11.7 Å². The SMILES string of the molecule is CCC(C)C.CCC(C)C=N/C=C(\C)C1c2ccc(C)c(c2)OCc2cccc(c2)/C(=C/C(C)=O)c2cc1ccc2C.CN. The van der Waals surface area contributed by atoms with E-state index in [9.17, 15) is 4.79 Å². The van der Waals surface area contributed by atoms with Crippen LogP contribution in [0.3, 0.4) is 0 Å². The molecule has 0 amide bonds. The Labute approximate surface area is 267 Å². The van der Waals surface area contributed by atoms with E-state index in [1.165, 1.54) is 13.5 Å². The number of nitrogens with two attached hydrogens (primary N) is 1. The summed E-state index contributed by atoms with van der Waals surface area (Å²) in [5, 5.41) is 0. The van der Waals surface area contributed by atoms with Gasteiger partial charge in [0.25, 0.3) is 0 Å². The van der Waals surface area contributed by atoms with Gasteiger partial charge in [0, 0.05) is 18.3 Å². The maximum atomic E-state index is 12.3. The van der Waals surface area contributed by atoms with Crippen molar-refractivity contribution >= 4 is 17.6 Å². The predicted molar refractivity (Wildman–Crippen MR) is 190 cm³/mol. The fourth-order valence-electron chi connectivity index (χ4n) is 4.78. The van der Waals surface area contributed by atoms with Crippen LogP contribution < -0.4 is 10.5 Å². The van der Waals surface area contributed by atoms with E-state index in [1.54, 1.807) is 13.0 Å². The standard InChI is InChI=1S/C34H37NO2.C5H12.CH5N/c1-7-22(2)19-35-20-25(5)34-29-13-11-23(3)31(17-29)32(15-26(6)36)28-10-8-9-27(16-28)21-37-33-18-30(34)14-12-24(33)4;1-4-5(2)3;1-2/h8-20,22,34H,7,21H2,1-6H3;5H,4H2,1-3H3;2H2,1H3/b25-20+,32-15-,35-19?;;. The zero-order valence-corrected chi connectivity index (χ0v) is 28.7. The van der Waals surface area contributed by atoms with Crippen LogP contribution in [0.5, 0.6) is 5.75 Å². The van der Waals surface area contributed by atoms with E-state index in [0.29, 0.717) is 12.5 Å². The van der Waals surface area contributed by atoms with Gasteiger partial charge < -0.3 is 10.5 Å². The summed E-state index contributed by atoms with van der Waals surface area (Å²) in [6.07, 6.45) is 8.13. The molecular formula is C40H54N2O2. The van der Waals surface area contributed by atoms with Crippen LogP contribution in [-0.4, -0.2) is 19.0 Å². The molecule has 2 N–H and O–H groups in total. The van der Waals surface area contributed by atoms with Crippen LogP contribution in [0, 0.1) is 25.7 Å². The van der Waals surface area contributed by atoms with Gasteiger partial charge in [-0.15, -0.1) is 0 Å². The summed E-state index contributed by atoms with van der Waals surface area (Å²) in [5.74, 6) is 2.23. The zero-order valence-electron chi connectivity index (χ0n) is 28.7. The zero-order chi connectivity index (χ0) is 32.8. The lowest BCUT2D eigenvalue weighted by Crippen LogP contribution is -2.06. The number of carbonyl (C=O) groups is 1. The Morgan fingerprint density at radius 3 is 2.18 bits per heavy atom. The first-order valence-corrected chi connectivity index (χ1v) is 16.0. The summed E-state index contributed by atoms with van der Waals surface area (Å²) >= 11 is 0. The average molecular weight is 595 g/mol. The number of ketones is 1. The smallest absolute Gasteiger partial charge is 0.153 e. The summed E-state index contributed by atoms with van der Waals surface area (Å²) in [4.78, 5) is 17.0. The summed E-state index contributed by atoms with van der Waals surface area (Å²) in [7, 11) is 1.50. The maximum absolute atomic E-state index is 12.3. The van der Waals surface area contributed by atoms with Crippen molar-refractivity contribution in [3.63, 3.8) is 0 Å². The molecule has 4 rings (SSSR count). The third-order valence-electron chi connectivity index (χ3n) is 7.95. The van der Waals surface area contributed by atoms with Gasteiger partial charge >= 0.3 is 0 Å². The molecule has 4 nitrogen and oxygen atoms in total. The van der Waals surface area contributed by atoms with Gasteiger partial charge in [0.2, 0.25) is 0 Å². The second-order valence-corrected chi connectivity index (χ2v) is 12.0. The maximum Gasteiger partial charge on any atom is 0.153 e. The highest BCUT2D eigenvalue weighted by molar-refractivity contribution is 5.99. The van der Waals surface area contributed by atoms with Crippen LogP contribution in [0.25, 0.3) is 5.57 Å². The topological polar surface area (TPSA) is 64.7 Å². The molecule has 0 saturated heterocycles. The molecule has 3 aromatic rings. The number of benzene rings is 3. The average Bonchev–Trinajstić information content (AvgIpc) is 3.02. The molecule has 236 valence electrons. The summed E-state index contributed by atoms with van der Waals surface area (Å²) < 4.78 is 6.35. The van der Waals surface area contributed by atoms with Crippen molar-refractivity contribution in [3.05, 3.63) is 117 Å². The largest absolute Gasteiger partial charge is 0.489 e. The van der Waals surface area contributed by atoms with Crippen LogP contribution in [0.1, 0.15) is 106 Å². The van der Waals surface area contributed by atoms with Crippen molar-refractivity contribution in [1.82, 2.24) is 0 Å². The summed E-state index contributed by atoms with van der Waals surface area (Å²) in [6.45, 7) is 19.4. The predicted octanol–water partition coefficient (Wildman–Crippen LogP) is 10.00. The quantitative estimate of drug-likeness (QED) is 0.228. The molecule has 1 aliphatic rings. The highest BCUT2D eigenvalue weighted by atomic mass is 16.5. The van der Waals surface area contributed by atoms with Gasteiger partial charge in [-0.05, 0) is 127 Å². The number of aliphatic imine (C=N–C) groups is 1. The molecule has 44 heavy (non-hydrogen) atoms. The van der Waals surface area contributed by atoms with Gasteiger partial charge in [-0.1, -0.05) is 83.5 Å². The van der Waals surface area contributed by atoms with Crippen LogP contribution in [0.4, 0.5) is 0 Å². The highest BCUT2D eigenvalue weighted by Gasteiger charge is 2.21. The minimum Gasteiger partial charge on any atom is -0.489 e. The van der Waals surface area contributed by atoms with E-state index in [0.717, 1.165) is 68.2 Å². The second kappa shape index (κ2) is 18.1. The van der Waals surface area contributed by atoms with E-state index in [1.807, 2.05) is 18.5 Å². The monoisotopic (exact) mass is 594 g/mol. The third-order valence-corrected chi connectivity index (χ3v) is 7.95. The molecule has 4 heteroatoms. The van der Waals surface area contributed by atoms with E-state index in [2.05, 4.69) is 121 Å². The molecule has 1 heterocycles. The van der Waals surface area contributed by atoms with Crippen molar-refractivity contribution in [2.45, 2.75) is 87.7 Å². The molecule has 0 saturated carbocycles. The second-order valence-electron chi connectivity index (χ2n) is 12.0. The van der Waals surface area contributed by atoms with E-state index < -0.39 is 0 Å². The molecule has 0 spiro atoms. The lowest BCUT2D eigenvalue weighted by Gasteiger charge is -2.22. The lowest BCUT2D eigenvalue weighted by molar-refractivity contribution is -0.112. The van der Waals surface area contributed by atoms with Crippen LogP contribution in [0.2, 0.25) is 0 Å². The molecule has 0 fully saturated rings. The fourth-order valence-corrected chi connectivity index (χ4v) is 4.78. The van der Waals surface area contributed by atoms with Crippen molar-refractivity contribution < 1.29 is 9.53 Å². The number of fused-ring (bicyclic) bond motifs is 6. The van der Waals surface area contributed by atoms with Crippen molar-refractivity contribution in [2.75, 3.05) is 7.05 Å². The van der Waals surface area contributed by atoms with Crippen LogP contribution >= 0.6 is 0 Å². The van der Waals surface area contributed by atoms with Gasteiger partial charge in [0.1, 0.15) is 12.4 Å². The molecule has 3 aromatic carbocycles. The Bertz CT molecular complexity index is 1460. The van der Waals surface area contributed by atoms with Crippen LogP contribution in [-0.2, 0) is 11.4 Å². The Morgan fingerprint density at radius 2 is 1.57 bits per heavy atom. The third kappa shape index (κ3) is 10.4. The number of aryl methyl sites for hydroxylation is 2. The van der Waals surface area contributed by atoms with E-state index >= 15 is 0 Å². The lowest BCUT2D eigenvalue weighted by atomic mass is 9.82. The molecule has 2 atom stereocenters. The number of rotatable bonds is 6. The molecule has 2 unspecified atom stereocenters. The van der Waals surface area contributed by atoms with Crippen molar-refractivity contribution in [2.24, 2.45) is 22.6 Å². The number of ether oxygens (including phenoxy) is 1. The molecule has 6 bridgehead atoms. The molecule has 0 aromatic heterocycles. The highest BCUT2D eigenvalue weighted by Crippen LogP contribution is 2.38. The normalized spacial score (nSPS) is 16.0. The fraction of sp³-hybridized carbons (Fsp3) is 0.400. The van der Waals surface area contributed by atoms with Gasteiger partial charge in [0.05, 0.1) is 0 Å². The molecule has 0 radical (unpaired) electrons. The molecule has 1 aliphatic heterocycles. The Hall–Kier alpha value is -3.76. The number of carbonyl (C=O) groups excluding carboxylic acids is 1. The van der Waals surface area contributed by atoms with Crippen molar-refractivity contribution in [3.8, 4) is 5.75 Å². The minimum absolute atomic E-state index is 0.00109. The summed E-state index contributed by atoms with van der Waals surface area (Å²) in [5.41, 5.74) is 14.3. The van der Waals surface area contributed by atoms with Gasteiger partial charge in [0.15, 0.2) is 5.78 Å². The van der Waals surface area contributed by atoms with Crippen LogP contribution in [0.15, 0.2) is 83.5 Å². The van der Waals surface area contributed by atoms with Gasteiger partial charge in [-0.25, -0.2) is 0 Å². The molecule has 0 aliphatic carbocycles. The van der Waals surface area contributed by atoms with Gasteiger partial charge in [-0.3, -0.25) is 9.79 Å². The summed E-state index contributed by atoms with van der Waals surface area (Å²) in [6, 6.07) is 21.4. The van der Waals surface area contributed by atoms with E-state index in [4.69, 9.17) is 4.74 Å². The molecular weight excluding hydrogens is 540 g/mol. The first-order valence-electron chi connectivity index (χ1n) is 16.0. The number of allylic oxidation sites excluding steroid dienone is 2. The Morgan fingerprint density at radius 1 is 0.932 bits per heavy atom. The number of nitrogens with zero attached hydrogens (tertiary/aromatic N) is 1. The number of hydrogen-bond donors (Lipinski definition) is 1. The first kappa shape index (κ1) is 36.4. The Balaban J connectivity index is 0.000000876. The van der Waals surface area contributed by atoms with Crippen molar-refractivity contribution in [1.29, 1.82) is 0 Å². The Kier molecular flexibility index (Phi) is 15.0.